The van der Waals surface area contributed by atoms with Gasteiger partial charge in [0.15, 0.2) is 17.3 Å². The zero-order valence-electron chi connectivity index (χ0n) is 16.7. The van der Waals surface area contributed by atoms with Crippen LogP contribution < -0.4 is 9.47 Å². The lowest BCUT2D eigenvalue weighted by molar-refractivity contribution is 0.0730. The highest BCUT2D eigenvalue weighted by atomic mass is 32.2. The van der Waals surface area contributed by atoms with Gasteiger partial charge in [0.2, 0.25) is 15.8 Å². The Bertz CT molecular complexity index is 1010. The first-order valence-corrected chi connectivity index (χ1v) is 10.7. The number of carbonyl (C=O) groups is 1. The van der Waals surface area contributed by atoms with E-state index in [1.807, 2.05) is 0 Å². The molecule has 0 radical (unpaired) electrons. The van der Waals surface area contributed by atoms with Gasteiger partial charge in [-0.1, -0.05) is 6.08 Å². The molecule has 1 aliphatic heterocycles. The lowest BCUT2D eigenvalue weighted by Crippen LogP contribution is -2.40. The van der Waals surface area contributed by atoms with E-state index in [0.717, 1.165) is 0 Å². The van der Waals surface area contributed by atoms with Crippen molar-refractivity contribution in [3.8, 4) is 17.2 Å². The fourth-order valence-corrected chi connectivity index (χ4v) is 4.41. The quantitative estimate of drug-likeness (QED) is 0.528. The van der Waals surface area contributed by atoms with Crippen LogP contribution in [0.15, 0.2) is 47.4 Å². The minimum Gasteiger partial charge on any atom is -0.502 e. The van der Waals surface area contributed by atoms with Gasteiger partial charge < -0.3 is 19.3 Å². The number of methoxy groups -OCH3 is 2. The Morgan fingerprint density at radius 3 is 2.17 bits per heavy atom. The second-order valence-corrected chi connectivity index (χ2v) is 8.45. The van der Waals surface area contributed by atoms with Crippen LogP contribution in [0.4, 0.5) is 0 Å². The fourth-order valence-electron chi connectivity index (χ4n) is 3.01. The van der Waals surface area contributed by atoms with Crippen LogP contribution in [0, 0.1) is 0 Å². The maximum Gasteiger partial charge on any atom is 0.243 e. The standard InChI is InChI=1S/C21H23NO7S/c1-27-19-13-15(14-20(28-2)21(19)24)3-8-18(23)16-4-6-17(7-5-16)30(25,26)22-9-11-29-12-10-22/h3-8,13-14,24H,9-12H2,1-2H3/b8-3+. The Hall–Kier alpha value is -2.88. The number of phenolic OH excluding ortho intramolecular Hbond substituents is 1. The summed E-state index contributed by atoms with van der Waals surface area (Å²) in [6, 6.07) is 8.96. The first kappa shape index (κ1) is 21.8. The van der Waals surface area contributed by atoms with Crippen LogP contribution in [-0.2, 0) is 14.8 Å². The number of nitrogens with zero attached hydrogens (tertiary/aromatic N) is 1. The van der Waals surface area contributed by atoms with Crippen molar-refractivity contribution < 1.29 is 32.5 Å². The molecule has 2 aromatic rings. The smallest absolute Gasteiger partial charge is 0.243 e. The molecule has 3 rings (SSSR count). The largest absolute Gasteiger partial charge is 0.502 e. The summed E-state index contributed by atoms with van der Waals surface area (Å²) in [4.78, 5) is 12.6. The van der Waals surface area contributed by atoms with Crippen molar-refractivity contribution >= 4 is 21.9 Å². The highest BCUT2D eigenvalue weighted by Crippen LogP contribution is 2.37. The molecule has 0 saturated carbocycles. The first-order chi connectivity index (χ1) is 14.4. The molecule has 0 aromatic heterocycles. The van der Waals surface area contributed by atoms with E-state index in [-0.39, 0.29) is 27.9 Å². The molecule has 1 saturated heterocycles. The number of ketones is 1. The zero-order chi connectivity index (χ0) is 21.7. The van der Waals surface area contributed by atoms with E-state index in [9.17, 15) is 18.3 Å². The summed E-state index contributed by atoms with van der Waals surface area (Å²) in [6.07, 6.45) is 2.92. The number of allylic oxidation sites excluding steroid dienone is 1. The number of hydrogen-bond acceptors (Lipinski definition) is 7. The van der Waals surface area contributed by atoms with Gasteiger partial charge in [-0.2, -0.15) is 4.31 Å². The van der Waals surface area contributed by atoms with Crippen LogP contribution in [-0.4, -0.2) is 64.1 Å². The third kappa shape index (κ3) is 4.64. The van der Waals surface area contributed by atoms with Crippen molar-refractivity contribution in [1.29, 1.82) is 0 Å². The SMILES string of the molecule is COc1cc(/C=C/C(=O)c2ccc(S(=O)(=O)N3CCOCC3)cc2)cc(OC)c1O. The summed E-state index contributed by atoms with van der Waals surface area (Å²) < 4.78 is 42.1. The Kier molecular flexibility index (Phi) is 6.76. The van der Waals surface area contributed by atoms with Crippen molar-refractivity contribution in [2.24, 2.45) is 0 Å². The van der Waals surface area contributed by atoms with Crippen molar-refractivity contribution in [3.05, 3.63) is 53.6 Å². The van der Waals surface area contributed by atoms with Crippen LogP contribution in [0.25, 0.3) is 6.08 Å². The summed E-state index contributed by atoms with van der Waals surface area (Å²) >= 11 is 0. The maximum absolute atomic E-state index is 12.7. The molecule has 1 heterocycles. The lowest BCUT2D eigenvalue weighted by Gasteiger charge is -2.26. The highest BCUT2D eigenvalue weighted by Gasteiger charge is 2.26. The Labute approximate surface area is 175 Å². The molecule has 0 unspecified atom stereocenters. The predicted molar refractivity (Wildman–Crippen MR) is 111 cm³/mol. The zero-order valence-corrected chi connectivity index (χ0v) is 17.5. The molecule has 0 amide bonds. The van der Waals surface area contributed by atoms with Gasteiger partial charge in [0.1, 0.15) is 0 Å². The van der Waals surface area contributed by atoms with Gasteiger partial charge in [-0.05, 0) is 48.0 Å². The molecule has 160 valence electrons. The molecular formula is C21H23NO7S. The average Bonchev–Trinajstić information content (AvgIpc) is 2.78. The first-order valence-electron chi connectivity index (χ1n) is 9.22. The number of ether oxygens (including phenoxy) is 3. The van der Waals surface area contributed by atoms with E-state index >= 15 is 0 Å². The van der Waals surface area contributed by atoms with E-state index in [1.165, 1.54) is 48.9 Å². The summed E-state index contributed by atoms with van der Waals surface area (Å²) in [6.45, 7) is 1.36. The predicted octanol–water partition coefficient (Wildman–Crippen LogP) is 2.33. The van der Waals surface area contributed by atoms with Crippen molar-refractivity contribution in [1.82, 2.24) is 4.31 Å². The van der Waals surface area contributed by atoms with Gasteiger partial charge in [-0.25, -0.2) is 8.42 Å². The number of rotatable bonds is 7. The van der Waals surface area contributed by atoms with Crippen molar-refractivity contribution in [2.75, 3.05) is 40.5 Å². The van der Waals surface area contributed by atoms with Crippen molar-refractivity contribution in [2.45, 2.75) is 4.90 Å². The number of aromatic hydroxyl groups is 1. The number of morpholine rings is 1. The monoisotopic (exact) mass is 433 g/mol. The maximum atomic E-state index is 12.7. The fraction of sp³-hybridized carbons (Fsp3) is 0.286. The van der Waals surface area contributed by atoms with Crippen LogP contribution in [0.2, 0.25) is 0 Å². The van der Waals surface area contributed by atoms with Gasteiger partial charge in [-0.15, -0.1) is 0 Å². The molecule has 9 heteroatoms. The van der Waals surface area contributed by atoms with Crippen molar-refractivity contribution in [3.63, 3.8) is 0 Å². The Morgan fingerprint density at radius 1 is 1.07 bits per heavy atom. The van der Waals surface area contributed by atoms with Crippen LogP contribution in [0.5, 0.6) is 17.2 Å². The van der Waals surface area contributed by atoms with Gasteiger partial charge in [0.25, 0.3) is 0 Å². The van der Waals surface area contributed by atoms with E-state index in [2.05, 4.69) is 0 Å². The molecule has 1 aliphatic rings. The molecule has 30 heavy (non-hydrogen) atoms. The van der Waals surface area contributed by atoms with E-state index in [4.69, 9.17) is 14.2 Å². The highest BCUT2D eigenvalue weighted by molar-refractivity contribution is 7.89. The number of benzene rings is 2. The Balaban J connectivity index is 1.76. The topological polar surface area (TPSA) is 102 Å². The van der Waals surface area contributed by atoms with E-state index in [0.29, 0.717) is 37.4 Å². The van der Waals surface area contributed by atoms with Gasteiger partial charge in [-0.3, -0.25) is 4.79 Å². The normalized spacial score (nSPS) is 15.3. The molecule has 0 aliphatic carbocycles. The van der Waals surface area contributed by atoms with E-state index < -0.39 is 10.0 Å². The molecule has 2 aromatic carbocycles. The van der Waals surface area contributed by atoms with Crippen LogP contribution in [0.1, 0.15) is 15.9 Å². The minimum absolute atomic E-state index is 0.124. The number of sulfonamides is 1. The number of carbonyl (C=O) groups excluding carboxylic acids is 1. The summed E-state index contributed by atoms with van der Waals surface area (Å²) in [5.41, 5.74) is 0.950. The summed E-state index contributed by atoms with van der Waals surface area (Å²) in [5.74, 6) is 0.0233. The molecule has 1 N–H and O–H groups in total. The number of hydrogen-bond donors (Lipinski definition) is 1. The van der Waals surface area contributed by atoms with Crippen LogP contribution >= 0.6 is 0 Å². The van der Waals surface area contributed by atoms with Gasteiger partial charge in [0, 0.05) is 18.7 Å². The van der Waals surface area contributed by atoms with Crippen LogP contribution in [0.3, 0.4) is 0 Å². The molecule has 0 atom stereocenters. The third-order valence-corrected chi connectivity index (χ3v) is 6.59. The summed E-state index contributed by atoms with van der Waals surface area (Å²) in [7, 11) is -0.774. The third-order valence-electron chi connectivity index (χ3n) is 4.68. The molecule has 0 bridgehead atoms. The van der Waals surface area contributed by atoms with Gasteiger partial charge >= 0.3 is 0 Å². The second kappa shape index (κ2) is 9.29. The van der Waals surface area contributed by atoms with E-state index in [1.54, 1.807) is 18.2 Å². The number of phenols is 1. The summed E-state index contributed by atoms with van der Waals surface area (Å²) in [5, 5.41) is 9.95. The minimum atomic E-state index is -3.61. The average molecular weight is 433 g/mol. The molecule has 0 spiro atoms. The molecule has 1 fully saturated rings. The Morgan fingerprint density at radius 2 is 1.63 bits per heavy atom. The van der Waals surface area contributed by atoms with Gasteiger partial charge in [0.05, 0.1) is 32.3 Å². The lowest BCUT2D eigenvalue weighted by atomic mass is 10.1. The molecular weight excluding hydrogens is 410 g/mol. The molecule has 8 nitrogen and oxygen atoms in total. The second-order valence-electron chi connectivity index (χ2n) is 6.51.